The van der Waals surface area contributed by atoms with E-state index in [2.05, 4.69) is 4.72 Å². The lowest BCUT2D eigenvalue weighted by atomic mass is 9.69. The molecule has 0 aromatic heterocycles. The summed E-state index contributed by atoms with van der Waals surface area (Å²) >= 11 is 0. The number of carbonyl (C=O) groups is 2. The van der Waals surface area contributed by atoms with Gasteiger partial charge >= 0.3 is 6.09 Å². The molecule has 0 radical (unpaired) electrons. The molecule has 1 heterocycles. The number of nitrogens with zero attached hydrogens (tertiary/aromatic N) is 2. The van der Waals surface area contributed by atoms with E-state index in [4.69, 9.17) is 4.74 Å². The minimum absolute atomic E-state index is 0.0218. The Kier molecular flexibility index (Phi) is 7.89. The van der Waals surface area contributed by atoms with E-state index in [-0.39, 0.29) is 35.4 Å². The van der Waals surface area contributed by atoms with Crippen molar-refractivity contribution in [2.45, 2.75) is 96.0 Å². The molecule has 9 heteroatoms. The van der Waals surface area contributed by atoms with Gasteiger partial charge in [-0.15, -0.1) is 0 Å². The summed E-state index contributed by atoms with van der Waals surface area (Å²) in [5.41, 5.74) is 0. The number of amides is 2. The Labute approximate surface area is 187 Å². The fraction of sp³-hybridized carbons (Fsp3) is 0.909. The van der Waals surface area contributed by atoms with Crippen molar-refractivity contribution < 1.29 is 22.7 Å². The molecule has 8 nitrogen and oxygen atoms in total. The summed E-state index contributed by atoms with van der Waals surface area (Å²) in [7, 11) is -3.22. The van der Waals surface area contributed by atoms with E-state index < -0.39 is 10.0 Å². The molecule has 4 atom stereocenters. The molecular weight excluding hydrogens is 418 g/mol. The van der Waals surface area contributed by atoms with Crippen molar-refractivity contribution in [3.05, 3.63) is 0 Å². The van der Waals surface area contributed by atoms with Crippen molar-refractivity contribution in [2.24, 2.45) is 11.8 Å². The summed E-state index contributed by atoms with van der Waals surface area (Å²) < 4.78 is 32.7. The topological polar surface area (TPSA) is 96.0 Å². The molecule has 1 saturated heterocycles. The summed E-state index contributed by atoms with van der Waals surface area (Å²) in [5.74, 6) is 0.991. The van der Waals surface area contributed by atoms with Gasteiger partial charge in [0.15, 0.2) is 0 Å². The Morgan fingerprint density at radius 1 is 1.00 bits per heavy atom. The van der Waals surface area contributed by atoms with Crippen LogP contribution in [0.15, 0.2) is 0 Å². The van der Waals surface area contributed by atoms with Gasteiger partial charge in [0.1, 0.15) is 0 Å². The van der Waals surface area contributed by atoms with Crippen LogP contribution in [0.5, 0.6) is 0 Å². The first-order valence-corrected chi connectivity index (χ1v) is 13.4. The van der Waals surface area contributed by atoms with Gasteiger partial charge in [-0.25, -0.2) is 17.9 Å². The van der Waals surface area contributed by atoms with Gasteiger partial charge < -0.3 is 14.5 Å². The van der Waals surface area contributed by atoms with Crippen LogP contribution in [0.4, 0.5) is 4.79 Å². The number of nitrogens with one attached hydrogen (secondary N) is 1. The standard InChI is InChI=1S/C22H39N3O5S/c1-5-23-31(28,29)19-10-7-17(8-11-19)18-9-12-20-21(13-18)24(22(27)30-6-2)14-15(3)25(20)16(4)26/h15,17-21,23H,5-14H2,1-4H3/t15-,17?,18?,19?,20?,21?/m0/s1. The molecule has 0 spiro atoms. The number of rotatable bonds is 5. The first-order chi connectivity index (χ1) is 14.7. The van der Waals surface area contributed by atoms with Gasteiger partial charge in [-0.2, -0.15) is 0 Å². The number of fused-ring (bicyclic) bond motifs is 1. The molecule has 1 N–H and O–H groups in total. The monoisotopic (exact) mass is 457 g/mol. The van der Waals surface area contributed by atoms with Crippen LogP contribution in [0, 0.1) is 11.8 Å². The lowest BCUT2D eigenvalue weighted by Crippen LogP contribution is -2.67. The highest BCUT2D eigenvalue weighted by Gasteiger charge is 2.48. The Morgan fingerprint density at radius 2 is 1.65 bits per heavy atom. The first-order valence-electron chi connectivity index (χ1n) is 11.9. The number of ether oxygens (including phenoxy) is 1. The third-order valence-corrected chi connectivity index (χ3v) is 9.59. The van der Waals surface area contributed by atoms with Crippen LogP contribution in [0.25, 0.3) is 0 Å². The summed E-state index contributed by atoms with van der Waals surface area (Å²) in [4.78, 5) is 28.9. The molecule has 2 aliphatic carbocycles. The fourth-order valence-electron chi connectivity index (χ4n) is 6.23. The average Bonchev–Trinajstić information content (AvgIpc) is 2.72. The lowest BCUT2D eigenvalue weighted by Gasteiger charge is -2.54. The maximum atomic E-state index is 12.7. The molecule has 3 unspecified atom stereocenters. The Bertz CT molecular complexity index is 750. The van der Waals surface area contributed by atoms with E-state index in [1.165, 1.54) is 0 Å². The van der Waals surface area contributed by atoms with E-state index in [9.17, 15) is 18.0 Å². The van der Waals surface area contributed by atoms with Crippen LogP contribution >= 0.6 is 0 Å². The Morgan fingerprint density at radius 3 is 2.23 bits per heavy atom. The van der Waals surface area contributed by atoms with Crippen molar-refractivity contribution in [3.8, 4) is 0 Å². The lowest BCUT2D eigenvalue weighted by molar-refractivity contribution is -0.142. The molecule has 1 aliphatic heterocycles. The second-order valence-corrected chi connectivity index (χ2v) is 11.5. The zero-order chi connectivity index (χ0) is 22.8. The van der Waals surface area contributed by atoms with Crippen LogP contribution in [-0.2, 0) is 19.6 Å². The van der Waals surface area contributed by atoms with Crippen LogP contribution in [0.3, 0.4) is 0 Å². The predicted octanol–water partition coefficient (Wildman–Crippen LogP) is 2.73. The smallest absolute Gasteiger partial charge is 0.410 e. The van der Waals surface area contributed by atoms with Crippen LogP contribution in [-0.4, -0.2) is 73.3 Å². The fourth-order valence-corrected chi connectivity index (χ4v) is 7.77. The molecular formula is C22H39N3O5S. The highest BCUT2D eigenvalue weighted by atomic mass is 32.2. The maximum Gasteiger partial charge on any atom is 0.410 e. The van der Waals surface area contributed by atoms with Crippen LogP contribution in [0.2, 0.25) is 0 Å². The van der Waals surface area contributed by atoms with Crippen molar-refractivity contribution in [3.63, 3.8) is 0 Å². The minimum Gasteiger partial charge on any atom is -0.450 e. The van der Waals surface area contributed by atoms with E-state index >= 15 is 0 Å². The van der Waals surface area contributed by atoms with Gasteiger partial charge in [0.2, 0.25) is 15.9 Å². The van der Waals surface area contributed by atoms with Gasteiger partial charge in [-0.05, 0) is 70.6 Å². The second-order valence-electron chi connectivity index (χ2n) is 9.41. The molecule has 0 bridgehead atoms. The molecule has 3 rings (SSSR count). The summed E-state index contributed by atoms with van der Waals surface area (Å²) in [6.07, 6.45) is 5.68. The third kappa shape index (κ3) is 5.18. The Balaban J connectivity index is 1.70. The zero-order valence-corrected chi connectivity index (χ0v) is 20.2. The number of piperazine rings is 1. The quantitative estimate of drug-likeness (QED) is 0.685. The largest absolute Gasteiger partial charge is 0.450 e. The van der Waals surface area contributed by atoms with Crippen molar-refractivity contribution in [1.29, 1.82) is 0 Å². The van der Waals surface area contributed by atoms with Gasteiger partial charge in [0, 0.05) is 26.1 Å². The van der Waals surface area contributed by atoms with E-state index in [0.717, 1.165) is 32.1 Å². The summed E-state index contributed by atoms with van der Waals surface area (Å²) in [5, 5.41) is -0.292. The SMILES string of the molecule is CCNS(=O)(=O)C1CCC(C2CCC3C(C2)N(C(=O)OCC)C[C@H](C)N3C(C)=O)CC1. The van der Waals surface area contributed by atoms with Gasteiger partial charge in [0.25, 0.3) is 0 Å². The third-order valence-electron chi connectivity index (χ3n) is 7.55. The summed E-state index contributed by atoms with van der Waals surface area (Å²) in [6.45, 7) is 8.52. The minimum atomic E-state index is -3.22. The molecule has 31 heavy (non-hydrogen) atoms. The molecule has 2 saturated carbocycles. The van der Waals surface area contributed by atoms with Gasteiger partial charge in [-0.3, -0.25) is 4.79 Å². The molecule has 178 valence electrons. The molecule has 0 aromatic carbocycles. The number of sulfonamides is 1. The van der Waals surface area contributed by atoms with E-state index in [1.54, 1.807) is 6.92 Å². The van der Waals surface area contributed by atoms with Crippen molar-refractivity contribution in [1.82, 2.24) is 14.5 Å². The van der Waals surface area contributed by atoms with Crippen LogP contribution < -0.4 is 4.72 Å². The normalized spacial score (nSPS) is 34.2. The Hall–Kier alpha value is -1.35. The number of hydrogen-bond acceptors (Lipinski definition) is 5. The zero-order valence-electron chi connectivity index (χ0n) is 19.4. The average molecular weight is 458 g/mol. The van der Waals surface area contributed by atoms with Crippen LogP contribution in [0.1, 0.15) is 72.6 Å². The molecule has 2 amide bonds. The first kappa shape index (κ1) is 24.3. The van der Waals surface area contributed by atoms with Crippen molar-refractivity contribution >= 4 is 22.0 Å². The van der Waals surface area contributed by atoms with Gasteiger partial charge in [-0.1, -0.05) is 6.92 Å². The van der Waals surface area contributed by atoms with Crippen molar-refractivity contribution in [2.75, 3.05) is 19.7 Å². The molecule has 3 aliphatic rings. The molecule has 3 fully saturated rings. The van der Waals surface area contributed by atoms with E-state index in [0.29, 0.717) is 44.4 Å². The maximum absolute atomic E-state index is 12.7. The highest BCUT2D eigenvalue weighted by Crippen LogP contribution is 2.43. The predicted molar refractivity (Wildman–Crippen MR) is 119 cm³/mol. The highest BCUT2D eigenvalue weighted by molar-refractivity contribution is 7.90. The second kappa shape index (κ2) is 10.1. The summed E-state index contributed by atoms with van der Waals surface area (Å²) in [6, 6.07) is -0.0140. The number of carbonyl (C=O) groups excluding carboxylic acids is 2. The number of hydrogen-bond donors (Lipinski definition) is 1. The van der Waals surface area contributed by atoms with E-state index in [1.807, 2.05) is 30.6 Å². The molecule has 0 aromatic rings. The van der Waals surface area contributed by atoms with Gasteiger partial charge in [0.05, 0.1) is 23.9 Å².